The minimum Gasteiger partial charge on any atom is -0.464 e. The van der Waals surface area contributed by atoms with E-state index in [9.17, 15) is 9.59 Å². The number of likely N-dealkylation sites (tertiary alicyclic amines) is 1. The van der Waals surface area contributed by atoms with E-state index in [0.717, 1.165) is 43.8 Å². The highest BCUT2D eigenvalue weighted by Crippen LogP contribution is 2.40. The molecule has 0 atom stereocenters. The van der Waals surface area contributed by atoms with Crippen molar-refractivity contribution in [1.29, 1.82) is 0 Å². The summed E-state index contributed by atoms with van der Waals surface area (Å²) in [4.78, 5) is 33.2. The maximum Gasteiger partial charge on any atom is 0.327 e. The Morgan fingerprint density at radius 1 is 0.943 bits per heavy atom. The Labute approximate surface area is 206 Å². The number of carbonyl (C=O) groups is 2. The fourth-order valence-electron chi connectivity index (χ4n) is 6.31. The van der Waals surface area contributed by atoms with Crippen LogP contribution in [-0.4, -0.2) is 57.9 Å². The first-order valence-electron chi connectivity index (χ1n) is 12.7. The summed E-state index contributed by atoms with van der Waals surface area (Å²) >= 11 is 0. The van der Waals surface area contributed by atoms with Crippen LogP contribution < -0.4 is 0 Å². The van der Waals surface area contributed by atoms with E-state index in [-0.39, 0.29) is 18.0 Å². The highest BCUT2D eigenvalue weighted by molar-refractivity contribution is 6.07. The number of fused-ring (bicyclic) bond motifs is 1. The molecule has 0 unspecified atom stereocenters. The van der Waals surface area contributed by atoms with Gasteiger partial charge < -0.3 is 9.32 Å². The standard InChI is InChI=1S/C29H31N3O3/c1-2-31-28(34)32(25-18-22-8-3-4-9-23(22)19-25)27(33)29(31)12-14-30(15-13-29)20-21-7-5-10-24(17-21)26-11-6-16-35-26/h3-11,16-17,25H,2,12-15,18-20H2,1H3. The van der Waals surface area contributed by atoms with E-state index >= 15 is 0 Å². The second-order valence-electron chi connectivity index (χ2n) is 10.0. The normalized spacial score (nSPS) is 20.3. The number of imide groups is 1. The molecule has 0 N–H and O–H groups in total. The van der Waals surface area contributed by atoms with E-state index in [1.54, 1.807) is 11.2 Å². The van der Waals surface area contributed by atoms with Crippen molar-refractivity contribution in [3.8, 4) is 11.3 Å². The van der Waals surface area contributed by atoms with Gasteiger partial charge in [-0.15, -0.1) is 0 Å². The zero-order chi connectivity index (χ0) is 24.0. The number of hydrogen-bond acceptors (Lipinski definition) is 4. The second-order valence-corrected chi connectivity index (χ2v) is 10.0. The Hall–Kier alpha value is -3.38. The quantitative estimate of drug-likeness (QED) is 0.507. The molecule has 3 aliphatic rings. The van der Waals surface area contributed by atoms with Crippen LogP contribution in [0.4, 0.5) is 4.79 Å². The van der Waals surface area contributed by atoms with Crippen LogP contribution in [0, 0.1) is 0 Å². The van der Waals surface area contributed by atoms with Crippen molar-refractivity contribution in [2.45, 2.75) is 50.7 Å². The predicted molar refractivity (Wildman–Crippen MR) is 134 cm³/mol. The Balaban J connectivity index is 1.16. The summed E-state index contributed by atoms with van der Waals surface area (Å²) in [6, 6.07) is 20.4. The Kier molecular flexibility index (Phi) is 5.49. The lowest BCUT2D eigenvalue weighted by molar-refractivity contribution is -0.137. The van der Waals surface area contributed by atoms with Crippen LogP contribution in [0.3, 0.4) is 0 Å². The molecule has 3 aromatic rings. The minimum atomic E-state index is -0.701. The number of urea groups is 1. The van der Waals surface area contributed by atoms with Gasteiger partial charge in [0.25, 0.3) is 5.91 Å². The zero-order valence-electron chi connectivity index (χ0n) is 20.2. The Morgan fingerprint density at radius 3 is 2.34 bits per heavy atom. The van der Waals surface area contributed by atoms with E-state index in [2.05, 4.69) is 41.3 Å². The number of amides is 3. The highest BCUT2D eigenvalue weighted by atomic mass is 16.3. The lowest BCUT2D eigenvalue weighted by Gasteiger charge is -2.42. The summed E-state index contributed by atoms with van der Waals surface area (Å²) in [6.45, 7) is 4.96. The molecule has 6 rings (SSSR count). The van der Waals surface area contributed by atoms with Gasteiger partial charge in [0.1, 0.15) is 11.3 Å². The van der Waals surface area contributed by atoms with Crippen molar-refractivity contribution in [3.05, 3.63) is 83.6 Å². The summed E-state index contributed by atoms with van der Waals surface area (Å²) in [5, 5.41) is 0. The third-order valence-corrected chi connectivity index (χ3v) is 8.10. The maximum atomic E-state index is 13.9. The van der Waals surface area contributed by atoms with E-state index in [1.807, 2.05) is 36.1 Å². The van der Waals surface area contributed by atoms with Crippen LogP contribution in [0.1, 0.15) is 36.5 Å². The molecular weight excluding hydrogens is 438 g/mol. The summed E-state index contributed by atoms with van der Waals surface area (Å²) < 4.78 is 5.55. The van der Waals surface area contributed by atoms with Crippen molar-refractivity contribution in [3.63, 3.8) is 0 Å². The molecule has 1 aliphatic carbocycles. The van der Waals surface area contributed by atoms with Crippen LogP contribution in [0.2, 0.25) is 0 Å². The van der Waals surface area contributed by atoms with Gasteiger partial charge in [0.15, 0.2) is 0 Å². The summed E-state index contributed by atoms with van der Waals surface area (Å²) in [5.74, 6) is 0.883. The first kappa shape index (κ1) is 22.1. The average Bonchev–Trinajstić information content (AvgIpc) is 3.59. The molecule has 1 aromatic heterocycles. The van der Waals surface area contributed by atoms with Crippen LogP contribution in [0.5, 0.6) is 0 Å². The molecule has 2 aromatic carbocycles. The number of piperidine rings is 1. The third kappa shape index (κ3) is 3.67. The molecule has 3 amide bonds. The number of rotatable bonds is 5. The molecule has 1 spiro atoms. The molecule has 0 saturated carbocycles. The second kappa shape index (κ2) is 8.68. The van der Waals surface area contributed by atoms with Gasteiger partial charge in [-0.2, -0.15) is 0 Å². The number of furan rings is 1. The smallest absolute Gasteiger partial charge is 0.327 e. The Bertz CT molecular complexity index is 1220. The minimum absolute atomic E-state index is 0.0154. The SMILES string of the molecule is CCN1C(=O)N(C2Cc3ccccc3C2)C(=O)C12CCN(Cc1cccc(-c3ccco3)c1)CC2. The third-order valence-electron chi connectivity index (χ3n) is 8.10. The number of likely N-dealkylation sites (N-methyl/N-ethyl adjacent to an activating group) is 1. The van der Waals surface area contributed by atoms with Gasteiger partial charge >= 0.3 is 6.03 Å². The van der Waals surface area contributed by atoms with Gasteiger partial charge in [-0.25, -0.2) is 4.79 Å². The molecule has 6 heteroatoms. The van der Waals surface area contributed by atoms with Crippen molar-refractivity contribution < 1.29 is 14.0 Å². The van der Waals surface area contributed by atoms with Crippen molar-refractivity contribution in [2.24, 2.45) is 0 Å². The first-order chi connectivity index (χ1) is 17.1. The van der Waals surface area contributed by atoms with Crippen molar-refractivity contribution in [1.82, 2.24) is 14.7 Å². The van der Waals surface area contributed by atoms with E-state index in [1.165, 1.54) is 16.7 Å². The highest BCUT2D eigenvalue weighted by Gasteiger charge is 2.59. The fraction of sp³-hybridized carbons (Fsp3) is 0.379. The molecule has 3 heterocycles. The monoisotopic (exact) mass is 469 g/mol. The molecule has 0 bridgehead atoms. The van der Waals surface area contributed by atoms with Gasteiger partial charge in [-0.3, -0.25) is 14.6 Å². The molecule has 2 fully saturated rings. The predicted octanol–water partition coefficient (Wildman–Crippen LogP) is 4.73. The van der Waals surface area contributed by atoms with Crippen molar-refractivity contribution in [2.75, 3.05) is 19.6 Å². The molecule has 35 heavy (non-hydrogen) atoms. The summed E-state index contributed by atoms with van der Waals surface area (Å²) in [6.07, 6.45) is 4.58. The maximum absolute atomic E-state index is 13.9. The van der Waals surface area contributed by atoms with Crippen LogP contribution in [0.25, 0.3) is 11.3 Å². The number of hydrogen-bond donors (Lipinski definition) is 0. The molecule has 2 saturated heterocycles. The van der Waals surface area contributed by atoms with E-state index in [0.29, 0.717) is 19.4 Å². The van der Waals surface area contributed by atoms with E-state index < -0.39 is 5.54 Å². The van der Waals surface area contributed by atoms with Gasteiger partial charge in [-0.1, -0.05) is 42.5 Å². The van der Waals surface area contributed by atoms with Crippen LogP contribution >= 0.6 is 0 Å². The van der Waals surface area contributed by atoms with Crippen LogP contribution in [0.15, 0.2) is 71.3 Å². The average molecular weight is 470 g/mol. The number of nitrogens with zero attached hydrogens (tertiary/aromatic N) is 3. The van der Waals surface area contributed by atoms with Gasteiger partial charge in [0.2, 0.25) is 0 Å². The number of carbonyl (C=O) groups excluding carboxylic acids is 2. The van der Waals surface area contributed by atoms with Gasteiger partial charge in [-0.05, 0) is 67.5 Å². The lowest BCUT2D eigenvalue weighted by Crippen LogP contribution is -2.56. The van der Waals surface area contributed by atoms with E-state index in [4.69, 9.17) is 4.42 Å². The Morgan fingerprint density at radius 2 is 1.69 bits per heavy atom. The summed E-state index contributed by atoms with van der Waals surface area (Å²) in [5.41, 5.74) is 4.11. The molecular formula is C29H31N3O3. The topological polar surface area (TPSA) is 57.0 Å². The molecule has 2 aliphatic heterocycles. The lowest BCUT2D eigenvalue weighted by atomic mass is 9.85. The van der Waals surface area contributed by atoms with Gasteiger partial charge in [0, 0.05) is 37.8 Å². The van der Waals surface area contributed by atoms with Crippen LogP contribution in [-0.2, 0) is 24.2 Å². The van der Waals surface area contributed by atoms with Crippen molar-refractivity contribution >= 4 is 11.9 Å². The zero-order valence-corrected chi connectivity index (χ0v) is 20.2. The molecule has 180 valence electrons. The summed E-state index contributed by atoms with van der Waals surface area (Å²) in [7, 11) is 0. The molecule has 6 nitrogen and oxygen atoms in total. The van der Waals surface area contributed by atoms with Gasteiger partial charge in [0.05, 0.1) is 6.26 Å². The number of benzene rings is 2. The first-order valence-corrected chi connectivity index (χ1v) is 12.7. The fourth-order valence-corrected chi connectivity index (χ4v) is 6.31. The largest absolute Gasteiger partial charge is 0.464 e. The molecule has 0 radical (unpaired) electrons.